The van der Waals surface area contributed by atoms with Crippen molar-refractivity contribution in [2.45, 2.75) is 75.9 Å². The van der Waals surface area contributed by atoms with Gasteiger partial charge in [0, 0.05) is 43.2 Å². The Morgan fingerprint density at radius 1 is 1.15 bits per heavy atom. The number of aromatic nitrogens is 1. The number of rotatable bonds is 14. The SMILES string of the molecule is CCCC(O)(CCCCC(=O)/C=C/c1cc(F)cc(F)c1)C(CN1CCC(c2c[nH]c3ccccc23)CC1)OC. The minimum absolute atomic E-state index is 0.106. The molecule has 1 aliphatic heterocycles. The lowest BCUT2D eigenvalue weighted by molar-refractivity contribution is -0.118. The zero-order chi connectivity index (χ0) is 28.5. The Kier molecular flexibility index (Phi) is 10.6. The maximum absolute atomic E-state index is 13.3. The number of nitrogens with one attached hydrogen (secondary N) is 1. The molecular formula is C33H42F2N2O3. The highest BCUT2D eigenvalue weighted by Gasteiger charge is 2.37. The number of aliphatic hydroxyl groups is 1. The van der Waals surface area contributed by atoms with Crippen molar-refractivity contribution in [1.29, 1.82) is 0 Å². The van der Waals surface area contributed by atoms with Crippen LogP contribution in [0.4, 0.5) is 8.78 Å². The molecule has 0 aliphatic carbocycles. The number of H-pyrrole nitrogens is 1. The smallest absolute Gasteiger partial charge is 0.155 e. The van der Waals surface area contributed by atoms with Crippen molar-refractivity contribution in [2.75, 3.05) is 26.7 Å². The average molecular weight is 553 g/mol. The molecule has 2 unspecified atom stereocenters. The van der Waals surface area contributed by atoms with Crippen molar-refractivity contribution in [3.8, 4) is 0 Å². The van der Waals surface area contributed by atoms with Crippen molar-refractivity contribution < 1.29 is 23.4 Å². The monoisotopic (exact) mass is 552 g/mol. The number of nitrogens with zero attached hydrogens (tertiary/aromatic N) is 1. The van der Waals surface area contributed by atoms with Gasteiger partial charge in [-0.25, -0.2) is 8.78 Å². The van der Waals surface area contributed by atoms with E-state index >= 15 is 0 Å². The van der Waals surface area contributed by atoms with Crippen LogP contribution in [0.3, 0.4) is 0 Å². The van der Waals surface area contributed by atoms with Crippen molar-refractivity contribution >= 4 is 22.8 Å². The highest BCUT2D eigenvalue weighted by atomic mass is 19.1. The first kappa shape index (κ1) is 30.1. The van der Waals surface area contributed by atoms with E-state index in [9.17, 15) is 18.7 Å². The van der Waals surface area contributed by atoms with Crippen LogP contribution >= 0.6 is 0 Å². The van der Waals surface area contributed by atoms with Gasteiger partial charge in [0.1, 0.15) is 11.6 Å². The molecule has 7 heteroatoms. The maximum atomic E-state index is 13.3. The third kappa shape index (κ3) is 7.87. The lowest BCUT2D eigenvalue weighted by Crippen LogP contribution is -2.51. The number of hydrogen-bond acceptors (Lipinski definition) is 4. The summed E-state index contributed by atoms with van der Waals surface area (Å²) >= 11 is 0. The summed E-state index contributed by atoms with van der Waals surface area (Å²) in [4.78, 5) is 18.1. The molecule has 1 aromatic heterocycles. The van der Waals surface area contributed by atoms with Crippen LogP contribution in [0.25, 0.3) is 17.0 Å². The van der Waals surface area contributed by atoms with Crippen molar-refractivity contribution in [2.24, 2.45) is 0 Å². The summed E-state index contributed by atoms with van der Waals surface area (Å²) in [5, 5.41) is 13.0. The van der Waals surface area contributed by atoms with Crippen LogP contribution < -0.4 is 0 Å². The van der Waals surface area contributed by atoms with Crippen LogP contribution in [0.5, 0.6) is 0 Å². The number of carbonyl (C=O) groups excluding carboxylic acids is 1. The number of para-hydroxylation sites is 1. The molecule has 0 amide bonds. The number of carbonyl (C=O) groups is 1. The van der Waals surface area contributed by atoms with Crippen molar-refractivity contribution in [3.05, 3.63) is 77.5 Å². The zero-order valence-electron chi connectivity index (χ0n) is 23.7. The molecule has 2 heterocycles. The maximum Gasteiger partial charge on any atom is 0.155 e. The van der Waals surface area contributed by atoms with Gasteiger partial charge >= 0.3 is 0 Å². The Bertz CT molecular complexity index is 1260. The number of ether oxygens (including phenoxy) is 1. The van der Waals surface area contributed by atoms with Crippen LogP contribution in [0, 0.1) is 11.6 Å². The number of methoxy groups -OCH3 is 1. The van der Waals surface area contributed by atoms with Crippen LogP contribution in [-0.4, -0.2) is 59.2 Å². The zero-order valence-corrected chi connectivity index (χ0v) is 23.7. The van der Waals surface area contributed by atoms with Gasteiger partial charge in [-0.1, -0.05) is 44.0 Å². The molecule has 5 nitrogen and oxygen atoms in total. The van der Waals surface area contributed by atoms with Crippen LogP contribution in [0.2, 0.25) is 0 Å². The number of piperidine rings is 1. The molecule has 0 radical (unpaired) electrons. The van der Waals surface area contributed by atoms with E-state index in [0.29, 0.717) is 50.1 Å². The fourth-order valence-electron chi connectivity index (χ4n) is 6.11. The highest BCUT2D eigenvalue weighted by Crippen LogP contribution is 2.34. The summed E-state index contributed by atoms with van der Waals surface area (Å²) in [6, 6.07) is 11.6. The Morgan fingerprint density at radius 2 is 1.88 bits per heavy atom. The number of allylic oxidation sites excluding steroid dienone is 1. The third-order valence-electron chi connectivity index (χ3n) is 8.27. The summed E-state index contributed by atoms with van der Waals surface area (Å²) in [6.07, 6.45) is 10.4. The van der Waals surface area contributed by atoms with Gasteiger partial charge in [-0.15, -0.1) is 0 Å². The molecule has 40 heavy (non-hydrogen) atoms. The first-order valence-corrected chi connectivity index (χ1v) is 14.5. The highest BCUT2D eigenvalue weighted by molar-refractivity contribution is 5.93. The molecule has 2 aromatic carbocycles. The molecule has 3 aromatic rings. The first-order chi connectivity index (χ1) is 19.3. The molecule has 0 spiro atoms. The van der Waals surface area contributed by atoms with E-state index in [1.807, 2.05) is 0 Å². The second-order valence-electron chi connectivity index (χ2n) is 11.2. The van der Waals surface area contributed by atoms with Gasteiger partial charge in [-0.05, 0) is 86.5 Å². The van der Waals surface area contributed by atoms with Crippen LogP contribution in [-0.2, 0) is 9.53 Å². The number of benzene rings is 2. The van der Waals surface area contributed by atoms with Crippen molar-refractivity contribution in [1.82, 2.24) is 9.88 Å². The van der Waals surface area contributed by atoms with Gasteiger partial charge in [-0.2, -0.15) is 0 Å². The molecular weight excluding hydrogens is 510 g/mol. The number of fused-ring (bicyclic) bond motifs is 1. The minimum atomic E-state index is -0.963. The van der Waals surface area contributed by atoms with Gasteiger partial charge in [0.25, 0.3) is 0 Å². The fourth-order valence-corrected chi connectivity index (χ4v) is 6.11. The van der Waals surface area contributed by atoms with E-state index < -0.39 is 17.2 Å². The van der Waals surface area contributed by atoms with Gasteiger partial charge in [0.15, 0.2) is 5.78 Å². The molecule has 4 rings (SSSR count). The predicted octanol–water partition coefficient (Wildman–Crippen LogP) is 7.01. The Hall–Kier alpha value is -2.87. The fraction of sp³-hybridized carbons (Fsp3) is 0.485. The molecule has 2 N–H and O–H groups in total. The van der Waals surface area contributed by atoms with Gasteiger partial charge in [0.05, 0.1) is 11.7 Å². The summed E-state index contributed by atoms with van der Waals surface area (Å²) in [7, 11) is 1.67. The third-order valence-corrected chi connectivity index (χ3v) is 8.27. The second-order valence-corrected chi connectivity index (χ2v) is 11.2. The van der Waals surface area contributed by atoms with E-state index in [2.05, 4.69) is 47.3 Å². The molecule has 0 bridgehead atoms. The average Bonchev–Trinajstić information content (AvgIpc) is 3.37. The Morgan fingerprint density at radius 3 is 2.58 bits per heavy atom. The largest absolute Gasteiger partial charge is 0.387 e. The first-order valence-electron chi connectivity index (χ1n) is 14.5. The second kappa shape index (κ2) is 14.2. The summed E-state index contributed by atoms with van der Waals surface area (Å²) in [6.45, 7) is 4.66. The van der Waals surface area contributed by atoms with E-state index in [0.717, 1.165) is 38.4 Å². The number of ketones is 1. The van der Waals surface area contributed by atoms with E-state index in [1.54, 1.807) is 7.11 Å². The van der Waals surface area contributed by atoms with Crippen molar-refractivity contribution in [3.63, 3.8) is 0 Å². The molecule has 2 atom stereocenters. The summed E-state index contributed by atoms with van der Waals surface area (Å²) in [5.41, 5.74) is 1.93. The summed E-state index contributed by atoms with van der Waals surface area (Å²) < 4.78 is 32.6. The molecule has 1 aliphatic rings. The van der Waals surface area contributed by atoms with E-state index in [-0.39, 0.29) is 11.9 Å². The number of halogens is 2. The number of hydrogen-bond donors (Lipinski definition) is 2. The van der Waals surface area contributed by atoms with E-state index in [1.165, 1.54) is 40.8 Å². The lowest BCUT2D eigenvalue weighted by atomic mass is 9.84. The normalized spacial score (nSPS) is 17.4. The number of likely N-dealkylation sites (tertiary alicyclic amines) is 1. The quantitative estimate of drug-likeness (QED) is 0.167. The minimum Gasteiger partial charge on any atom is -0.387 e. The van der Waals surface area contributed by atoms with E-state index in [4.69, 9.17) is 4.74 Å². The standard InChI is InChI=1S/C33H42F2N2O3/c1-3-15-33(39,16-7-6-8-28(38)12-11-24-19-26(34)21-27(35)20-24)32(40-2)23-37-17-13-25(14-18-37)30-22-36-31-10-5-4-9-29(30)31/h4-5,9-12,19-22,25,32,36,39H,3,6-8,13-18,23H2,1-2H3/b12-11+. The van der Waals surface area contributed by atoms with Gasteiger partial charge < -0.3 is 19.7 Å². The molecule has 1 fully saturated rings. The lowest BCUT2D eigenvalue weighted by Gasteiger charge is -2.40. The Balaban J connectivity index is 1.26. The van der Waals surface area contributed by atoms with Gasteiger partial charge in [0.2, 0.25) is 0 Å². The topological polar surface area (TPSA) is 65.6 Å². The predicted molar refractivity (Wildman–Crippen MR) is 156 cm³/mol. The van der Waals surface area contributed by atoms with Crippen LogP contribution in [0.15, 0.2) is 54.7 Å². The van der Waals surface area contributed by atoms with Crippen LogP contribution in [0.1, 0.15) is 75.3 Å². The Labute approximate surface area is 236 Å². The summed E-state index contributed by atoms with van der Waals surface area (Å²) in [5.74, 6) is -0.929. The molecule has 0 saturated carbocycles. The number of unbranched alkanes of at least 4 members (excludes halogenated alkanes) is 1. The van der Waals surface area contributed by atoms with Gasteiger partial charge in [-0.3, -0.25) is 4.79 Å². The molecule has 216 valence electrons. The number of aromatic amines is 1. The molecule has 1 saturated heterocycles.